The van der Waals surface area contributed by atoms with Crippen LogP contribution in [0.2, 0.25) is 0 Å². The van der Waals surface area contributed by atoms with E-state index >= 15 is 0 Å². The van der Waals surface area contributed by atoms with Gasteiger partial charge in [-0.05, 0) is 18.9 Å². The van der Waals surface area contributed by atoms with Crippen molar-refractivity contribution in [2.75, 3.05) is 0 Å². The molecule has 1 aromatic rings. The van der Waals surface area contributed by atoms with E-state index in [9.17, 15) is 4.79 Å². The number of carbonyl (C=O) groups excluding carboxylic acids is 1. The van der Waals surface area contributed by atoms with Crippen molar-refractivity contribution in [1.82, 2.24) is 0 Å². The lowest BCUT2D eigenvalue weighted by Crippen LogP contribution is -2.33. The first-order chi connectivity index (χ1) is 8.54. The molecule has 0 heterocycles. The Hall–Kier alpha value is -1.53. The minimum atomic E-state index is -0.589. The maximum atomic E-state index is 11.0. The molecule has 3 nitrogen and oxygen atoms in total. The van der Waals surface area contributed by atoms with Crippen LogP contribution >= 0.6 is 11.6 Å². The Kier molecular flexibility index (Phi) is 5.67. The first kappa shape index (κ1) is 14.5. The van der Waals surface area contributed by atoms with Crippen LogP contribution in [0.1, 0.15) is 19.4 Å². The highest BCUT2D eigenvalue weighted by atomic mass is 35.5. The summed E-state index contributed by atoms with van der Waals surface area (Å²) in [7, 11) is 0. The molecule has 0 aliphatic heterocycles. The van der Waals surface area contributed by atoms with Gasteiger partial charge in [-0.15, -0.1) is 11.6 Å². The molecule has 3 unspecified atom stereocenters. The first-order valence-electron chi connectivity index (χ1n) is 5.79. The van der Waals surface area contributed by atoms with E-state index in [0.717, 1.165) is 5.56 Å². The van der Waals surface area contributed by atoms with Crippen LogP contribution in [0.25, 0.3) is 0 Å². The van der Waals surface area contributed by atoms with Gasteiger partial charge >= 0.3 is 5.97 Å². The molecule has 0 aliphatic carbocycles. The number of hydrogen-bond acceptors (Lipinski definition) is 3. The summed E-state index contributed by atoms with van der Waals surface area (Å²) in [5, 5.41) is 8.52. The summed E-state index contributed by atoms with van der Waals surface area (Å²) < 4.78 is 5.14. The molecule has 0 radical (unpaired) electrons. The summed E-state index contributed by atoms with van der Waals surface area (Å²) >= 11 is 6.27. The number of halogens is 1. The van der Waals surface area contributed by atoms with Gasteiger partial charge in [0.25, 0.3) is 0 Å². The monoisotopic (exact) mass is 265 g/mol. The molecule has 0 bridgehead atoms. The Morgan fingerprint density at radius 2 is 2.06 bits per heavy atom. The third kappa shape index (κ3) is 4.38. The number of nitrogens with zero attached hydrogens (tertiary/aromatic N) is 1. The number of rotatable bonds is 5. The summed E-state index contributed by atoms with van der Waals surface area (Å²) in [6, 6.07) is 11.8. The van der Waals surface area contributed by atoms with E-state index in [-0.39, 0.29) is 0 Å². The van der Waals surface area contributed by atoms with E-state index in [2.05, 4.69) is 6.07 Å². The molecule has 0 saturated heterocycles. The fourth-order valence-electron chi connectivity index (χ4n) is 1.71. The molecule has 96 valence electrons. The van der Waals surface area contributed by atoms with Gasteiger partial charge in [0.1, 0.15) is 6.10 Å². The lowest BCUT2D eigenvalue weighted by atomic mass is 9.98. The quantitative estimate of drug-likeness (QED) is 0.608. The fourth-order valence-corrected chi connectivity index (χ4v) is 2.16. The summed E-state index contributed by atoms with van der Waals surface area (Å²) in [4.78, 5) is 11.0. The minimum absolute atomic E-state index is 0.411. The first-order valence-corrected chi connectivity index (χ1v) is 6.23. The second-order valence-corrected chi connectivity index (χ2v) is 4.76. The van der Waals surface area contributed by atoms with Crippen molar-refractivity contribution in [3.8, 4) is 6.07 Å². The number of carbonyl (C=O) groups is 1. The maximum absolute atomic E-state index is 11.0. The highest BCUT2D eigenvalue weighted by Crippen LogP contribution is 2.20. The molecular weight excluding hydrogens is 250 g/mol. The van der Waals surface area contributed by atoms with Gasteiger partial charge in [0.05, 0.1) is 17.4 Å². The Morgan fingerprint density at radius 1 is 1.44 bits per heavy atom. The van der Waals surface area contributed by atoms with Crippen molar-refractivity contribution < 1.29 is 9.53 Å². The van der Waals surface area contributed by atoms with Crippen LogP contribution in [0.5, 0.6) is 0 Å². The van der Waals surface area contributed by atoms with Crippen molar-refractivity contribution in [3.05, 3.63) is 35.9 Å². The van der Waals surface area contributed by atoms with Crippen molar-refractivity contribution >= 4 is 17.6 Å². The third-order valence-corrected chi connectivity index (χ3v) is 3.03. The number of esters is 1. The van der Waals surface area contributed by atoms with E-state index in [0.29, 0.717) is 6.42 Å². The summed E-state index contributed by atoms with van der Waals surface area (Å²) in [6.45, 7) is 3.03. The molecule has 18 heavy (non-hydrogen) atoms. The molecule has 0 aliphatic rings. The number of hydrogen-bond donors (Lipinski definition) is 0. The lowest BCUT2D eigenvalue weighted by molar-refractivity contribution is -0.147. The van der Waals surface area contributed by atoms with Crippen LogP contribution in [0.15, 0.2) is 30.3 Å². The van der Waals surface area contributed by atoms with Crippen molar-refractivity contribution in [2.45, 2.75) is 31.7 Å². The molecule has 0 fully saturated rings. The largest absolute Gasteiger partial charge is 0.460 e. The smallest absolute Gasteiger partial charge is 0.302 e. The molecule has 0 saturated carbocycles. The molecule has 3 atom stereocenters. The number of ether oxygens (including phenoxy) is 1. The van der Waals surface area contributed by atoms with Gasteiger partial charge in [0, 0.05) is 6.92 Å². The van der Waals surface area contributed by atoms with Crippen LogP contribution in [0, 0.1) is 17.2 Å². The Labute approximate surface area is 112 Å². The van der Waals surface area contributed by atoms with Crippen LogP contribution in [-0.2, 0) is 16.0 Å². The minimum Gasteiger partial charge on any atom is -0.460 e. The Bertz CT molecular complexity index is 427. The average Bonchev–Trinajstić information content (AvgIpc) is 2.36. The second-order valence-electron chi connectivity index (χ2n) is 4.20. The molecule has 4 heteroatoms. The van der Waals surface area contributed by atoms with Gasteiger partial charge in [-0.3, -0.25) is 4.79 Å². The van der Waals surface area contributed by atoms with Crippen LogP contribution in [0.3, 0.4) is 0 Å². The van der Waals surface area contributed by atoms with Gasteiger partial charge < -0.3 is 4.74 Å². The topological polar surface area (TPSA) is 50.1 Å². The van der Waals surface area contributed by atoms with E-state index in [1.807, 2.05) is 30.3 Å². The summed E-state index contributed by atoms with van der Waals surface area (Å²) in [6.07, 6.45) is -0.0267. The summed E-state index contributed by atoms with van der Waals surface area (Å²) in [5.74, 6) is -0.846. The number of benzene rings is 1. The zero-order chi connectivity index (χ0) is 13.5. The van der Waals surface area contributed by atoms with Gasteiger partial charge in [-0.25, -0.2) is 0 Å². The predicted molar refractivity (Wildman–Crippen MR) is 70.1 cm³/mol. The molecule has 0 aromatic heterocycles. The van der Waals surface area contributed by atoms with Gasteiger partial charge in [0.15, 0.2) is 0 Å². The van der Waals surface area contributed by atoms with E-state index < -0.39 is 23.4 Å². The SMILES string of the molecule is CC(=O)OC(C(C)C#N)C(Cl)Cc1ccccc1. The zero-order valence-corrected chi connectivity index (χ0v) is 11.2. The highest BCUT2D eigenvalue weighted by Gasteiger charge is 2.28. The summed E-state index contributed by atoms with van der Waals surface area (Å²) in [5.41, 5.74) is 1.06. The lowest BCUT2D eigenvalue weighted by Gasteiger charge is -2.23. The normalized spacial score (nSPS) is 15.2. The number of alkyl halides is 1. The predicted octanol–water partition coefficient (Wildman–Crippen LogP) is 2.93. The molecule has 1 aromatic carbocycles. The molecule has 0 amide bonds. The second kappa shape index (κ2) is 7.03. The van der Waals surface area contributed by atoms with Crippen molar-refractivity contribution in [1.29, 1.82) is 5.26 Å². The average molecular weight is 266 g/mol. The Morgan fingerprint density at radius 3 is 2.56 bits per heavy atom. The van der Waals surface area contributed by atoms with Crippen LogP contribution < -0.4 is 0 Å². The maximum Gasteiger partial charge on any atom is 0.302 e. The van der Waals surface area contributed by atoms with E-state index in [1.165, 1.54) is 6.92 Å². The van der Waals surface area contributed by atoms with Gasteiger partial charge in [-0.1, -0.05) is 30.3 Å². The molecule has 0 N–H and O–H groups in total. The fraction of sp³-hybridized carbons (Fsp3) is 0.429. The van der Waals surface area contributed by atoms with Crippen LogP contribution in [0.4, 0.5) is 0 Å². The highest BCUT2D eigenvalue weighted by molar-refractivity contribution is 6.21. The van der Waals surface area contributed by atoms with Gasteiger partial charge in [-0.2, -0.15) is 5.26 Å². The number of nitriles is 1. The van der Waals surface area contributed by atoms with E-state index in [4.69, 9.17) is 21.6 Å². The molecule has 1 rings (SSSR count). The third-order valence-electron chi connectivity index (χ3n) is 2.63. The molecular formula is C14H16ClNO2. The molecule has 0 spiro atoms. The van der Waals surface area contributed by atoms with Gasteiger partial charge in [0.2, 0.25) is 0 Å². The standard InChI is InChI=1S/C14H16ClNO2/c1-10(9-16)14(18-11(2)17)13(15)8-12-6-4-3-5-7-12/h3-7,10,13-14H,8H2,1-2H3. The van der Waals surface area contributed by atoms with Crippen molar-refractivity contribution in [3.63, 3.8) is 0 Å². The zero-order valence-electron chi connectivity index (χ0n) is 10.5. The van der Waals surface area contributed by atoms with Crippen LogP contribution in [-0.4, -0.2) is 17.5 Å². The van der Waals surface area contributed by atoms with Crippen molar-refractivity contribution in [2.24, 2.45) is 5.92 Å². The Balaban J connectivity index is 2.73. The van der Waals surface area contributed by atoms with E-state index in [1.54, 1.807) is 6.92 Å².